The van der Waals surface area contributed by atoms with Crippen LogP contribution in [0.2, 0.25) is 0 Å². The number of carbonyl (C=O) groups is 1. The molecule has 0 unspecified atom stereocenters. The average Bonchev–Trinajstić information content (AvgIpc) is 3.39. The van der Waals surface area contributed by atoms with Crippen LogP contribution < -0.4 is 20.3 Å². The van der Waals surface area contributed by atoms with Gasteiger partial charge in [-0.3, -0.25) is 9.78 Å². The van der Waals surface area contributed by atoms with Gasteiger partial charge in [0.25, 0.3) is 5.91 Å². The number of nitrogens with one attached hydrogen (secondary N) is 3. The molecule has 10 nitrogen and oxygen atoms in total. The Morgan fingerprint density at radius 1 is 1.03 bits per heavy atom. The fourth-order valence-corrected chi connectivity index (χ4v) is 4.75. The van der Waals surface area contributed by atoms with Crippen molar-refractivity contribution in [3.8, 4) is 17.0 Å². The van der Waals surface area contributed by atoms with Crippen molar-refractivity contribution in [3.05, 3.63) is 60.7 Å². The molecule has 10 heteroatoms. The predicted octanol–water partition coefficient (Wildman–Crippen LogP) is 3.24. The van der Waals surface area contributed by atoms with Gasteiger partial charge in [-0.15, -0.1) is 0 Å². The summed E-state index contributed by atoms with van der Waals surface area (Å²) in [5.41, 5.74) is 3.72. The second-order valence-electron chi connectivity index (χ2n) is 9.22. The third-order valence-corrected chi connectivity index (χ3v) is 6.72. The Morgan fingerprint density at radius 3 is 2.65 bits per heavy atom. The van der Waals surface area contributed by atoms with Crippen LogP contribution in [0.15, 0.2) is 55.0 Å². The molecule has 37 heavy (non-hydrogen) atoms. The van der Waals surface area contributed by atoms with Crippen molar-refractivity contribution in [1.82, 2.24) is 25.3 Å². The second-order valence-corrected chi connectivity index (χ2v) is 9.22. The molecule has 0 saturated carbocycles. The van der Waals surface area contributed by atoms with Gasteiger partial charge in [-0.1, -0.05) is 12.1 Å². The molecule has 2 aliphatic rings. The maximum Gasteiger partial charge on any atom is 0.274 e. The van der Waals surface area contributed by atoms with Gasteiger partial charge >= 0.3 is 0 Å². The zero-order chi connectivity index (χ0) is 25.0. The number of fused-ring (bicyclic) bond motifs is 1. The highest BCUT2D eigenvalue weighted by molar-refractivity contribution is 6.03. The van der Waals surface area contributed by atoms with E-state index >= 15 is 0 Å². The number of aromatic amines is 1. The van der Waals surface area contributed by atoms with Gasteiger partial charge in [0.2, 0.25) is 0 Å². The molecule has 0 radical (unpaired) electrons. The number of carbonyl (C=O) groups excluding carboxylic acids is 1. The largest absolute Gasteiger partial charge is 0.490 e. The normalized spacial score (nSPS) is 16.6. The Kier molecular flexibility index (Phi) is 6.66. The van der Waals surface area contributed by atoms with E-state index in [1.165, 1.54) is 0 Å². The van der Waals surface area contributed by atoms with E-state index in [2.05, 4.69) is 41.5 Å². The number of rotatable bonds is 6. The van der Waals surface area contributed by atoms with Gasteiger partial charge in [0.05, 0.1) is 18.6 Å². The van der Waals surface area contributed by atoms with Crippen LogP contribution >= 0.6 is 0 Å². The molecule has 2 saturated heterocycles. The molecule has 1 aromatic carbocycles. The number of H-pyrrole nitrogens is 1. The number of hydrogen-bond acceptors (Lipinski definition) is 8. The predicted molar refractivity (Wildman–Crippen MR) is 141 cm³/mol. The molecule has 3 aromatic heterocycles. The molecule has 4 aromatic rings. The van der Waals surface area contributed by atoms with E-state index in [9.17, 15) is 4.79 Å². The summed E-state index contributed by atoms with van der Waals surface area (Å²) < 4.78 is 11.5. The number of benzene rings is 1. The molecule has 3 N–H and O–H groups in total. The summed E-state index contributed by atoms with van der Waals surface area (Å²) in [6, 6.07) is 13.3. The number of ether oxygens (including phenoxy) is 2. The van der Waals surface area contributed by atoms with E-state index in [1.807, 2.05) is 24.3 Å². The van der Waals surface area contributed by atoms with E-state index in [4.69, 9.17) is 9.47 Å². The molecule has 1 amide bonds. The summed E-state index contributed by atoms with van der Waals surface area (Å²) >= 11 is 0. The molecule has 2 aliphatic heterocycles. The van der Waals surface area contributed by atoms with Crippen LogP contribution in [0.3, 0.4) is 0 Å². The Bertz CT molecular complexity index is 1380. The summed E-state index contributed by atoms with van der Waals surface area (Å²) in [4.78, 5) is 31.6. The fraction of sp³-hybridized carbons (Fsp3) is 0.333. The maximum absolute atomic E-state index is 12.8. The van der Waals surface area contributed by atoms with E-state index in [0.717, 1.165) is 67.1 Å². The molecular formula is C27H29N7O3. The second kappa shape index (κ2) is 10.5. The van der Waals surface area contributed by atoms with Crippen LogP contribution in [-0.2, 0) is 4.74 Å². The summed E-state index contributed by atoms with van der Waals surface area (Å²) in [7, 11) is 0. The lowest BCUT2D eigenvalue weighted by Gasteiger charge is -2.27. The summed E-state index contributed by atoms with van der Waals surface area (Å²) in [6.07, 6.45) is 5.26. The van der Waals surface area contributed by atoms with Crippen LogP contribution in [-0.4, -0.2) is 71.3 Å². The molecule has 2 fully saturated rings. The third-order valence-electron chi connectivity index (χ3n) is 6.72. The topological polar surface area (TPSA) is 117 Å². The first kappa shape index (κ1) is 23.4. The number of pyridine rings is 1. The quantitative estimate of drug-likeness (QED) is 0.370. The molecule has 0 spiro atoms. The summed E-state index contributed by atoms with van der Waals surface area (Å²) in [5, 5.41) is 7.23. The van der Waals surface area contributed by atoms with Crippen molar-refractivity contribution in [2.24, 2.45) is 0 Å². The number of hydrogen-bond donors (Lipinski definition) is 3. The van der Waals surface area contributed by atoms with E-state index in [0.29, 0.717) is 30.3 Å². The summed E-state index contributed by atoms with van der Waals surface area (Å²) in [6.45, 7) is 4.90. The Morgan fingerprint density at radius 2 is 1.84 bits per heavy atom. The lowest BCUT2D eigenvalue weighted by Crippen LogP contribution is -2.36. The van der Waals surface area contributed by atoms with Gasteiger partial charge in [0.1, 0.15) is 35.3 Å². The molecule has 5 heterocycles. The standard InChI is InChI=1S/C27H29N7O3/c35-27(24-15-21(7-10-29-24)37-20-5-8-28-9-6-20)32-19-3-1-18(2-4-19)23-16-22-25(33-23)30-17-31-26(22)34-11-13-36-14-12-34/h1-4,7,10,15-17,20,28H,5-6,8-9,11-14H2,(H,32,35)(H,30,31,33). The zero-order valence-electron chi connectivity index (χ0n) is 20.4. The van der Waals surface area contributed by atoms with E-state index < -0.39 is 0 Å². The SMILES string of the molecule is O=C(Nc1ccc(-c2cc3c(N4CCOCC4)ncnc3[nH]2)cc1)c1cc(OC2CCNCC2)ccn1. The Hall–Kier alpha value is -4.02. The van der Waals surface area contributed by atoms with Crippen LogP contribution in [0.5, 0.6) is 5.75 Å². The molecule has 0 aliphatic carbocycles. The van der Waals surface area contributed by atoms with Gasteiger partial charge in [0.15, 0.2) is 0 Å². The van der Waals surface area contributed by atoms with Crippen molar-refractivity contribution >= 4 is 28.4 Å². The van der Waals surface area contributed by atoms with Crippen molar-refractivity contribution in [2.45, 2.75) is 18.9 Å². The van der Waals surface area contributed by atoms with Crippen molar-refractivity contribution in [1.29, 1.82) is 0 Å². The first-order valence-corrected chi connectivity index (χ1v) is 12.6. The maximum atomic E-state index is 12.8. The third kappa shape index (κ3) is 5.25. The Labute approximate surface area is 214 Å². The van der Waals surface area contributed by atoms with E-state index in [1.54, 1.807) is 24.7 Å². The number of piperidine rings is 1. The molecular weight excluding hydrogens is 470 g/mol. The van der Waals surface area contributed by atoms with Crippen molar-refractivity contribution in [3.63, 3.8) is 0 Å². The Balaban J connectivity index is 1.15. The first-order valence-electron chi connectivity index (χ1n) is 12.6. The van der Waals surface area contributed by atoms with Gasteiger partial charge in [-0.25, -0.2) is 9.97 Å². The molecule has 0 bridgehead atoms. The minimum atomic E-state index is -0.278. The summed E-state index contributed by atoms with van der Waals surface area (Å²) in [5.74, 6) is 1.30. The minimum Gasteiger partial charge on any atom is -0.490 e. The highest BCUT2D eigenvalue weighted by Gasteiger charge is 2.18. The lowest BCUT2D eigenvalue weighted by atomic mass is 10.1. The van der Waals surface area contributed by atoms with Gasteiger partial charge in [-0.2, -0.15) is 0 Å². The highest BCUT2D eigenvalue weighted by Crippen LogP contribution is 2.30. The number of anilines is 2. The zero-order valence-corrected chi connectivity index (χ0v) is 20.4. The number of amides is 1. The van der Waals surface area contributed by atoms with Crippen molar-refractivity contribution < 1.29 is 14.3 Å². The van der Waals surface area contributed by atoms with E-state index in [-0.39, 0.29) is 12.0 Å². The average molecular weight is 500 g/mol. The van der Waals surface area contributed by atoms with Crippen molar-refractivity contribution in [2.75, 3.05) is 49.6 Å². The van der Waals surface area contributed by atoms with Gasteiger partial charge < -0.3 is 30.0 Å². The fourth-order valence-electron chi connectivity index (χ4n) is 4.75. The number of aromatic nitrogens is 4. The molecule has 0 atom stereocenters. The minimum absolute atomic E-state index is 0.160. The molecule has 6 rings (SSSR count). The van der Waals surface area contributed by atoms with Crippen LogP contribution in [0, 0.1) is 0 Å². The lowest BCUT2D eigenvalue weighted by molar-refractivity contribution is 0.102. The van der Waals surface area contributed by atoms with Crippen LogP contribution in [0.4, 0.5) is 11.5 Å². The van der Waals surface area contributed by atoms with Crippen LogP contribution in [0.1, 0.15) is 23.3 Å². The molecule has 190 valence electrons. The number of morpholine rings is 1. The monoisotopic (exact) mass is 499 g/mol. The first-order chi connectivity index (χ1) is 18.2. The van der Waals surface area contributed by atoms with Gasteiger partial charge in [-0.05, 0) is 55.8 Å². The number of nitrogens with zero attached hydrogens (tertiary/aromatic N) is 4. The van der Waals surface area contributed by atoms with Gasteiger partial charge in [0, 0.05) is 36.7 Å². The highest BCUT2D eigenvalue weighted by atomic mass is 16.5. The van der Waals surface area contributed by atoms with Crippen LogP contribution in [0.25, 0.3) is 22.3 Å². The smallest absolute Gasteiger partial charge is 0.274 e.